The summed E-state index contributed by atoms with van der Waals surface area (Å²) in [4.78, 5) is 4.37. The van der Waals surface area contributed by atoms with E-state index in [-0.39, 0.29) is 11.9 Å². The molecule has 20 heavy (non-hydrogen) atoms. The van der Waals surface area contributed by atoms with E-state index >= 15 is 0 Å². The van der Waals surface area contributed by atoms with Gasteiger partial charge < -0.3 is 14.3 Å². The maximum atomic E-state index is 13.2. The SMILES string of the molecule is CCNC(c1cn(C)cn1)c1cc2cc(F)ccc2o1. The summed E-state index contributed by atoms with van der Waals surface area (Å²) in [5.74, 6) is 0.480. The van der Waals surface area contributed by atoms with Crippen molar-refractivity contribution in [2.24, 2.45) is 7.05 Å². The van der Waals surface area contributed by atoms with Gasteiger partial charge in [0.2, 0.25) is 0 Å². The topological polar surface area (TPSA) is 43.0 Å². The molecule has 0 aliphatic rings. The Kier molecular flexibility index (Phi) is 3.28. The molecule has 0 saturated carbocycles. The number of hydrogen-bond acceptors (Lipinski definition) is 3. The first-order valence-corrected chi connectivity index (χ1v) is 6.57. The fourth-order valence-electron chi connectivity index (χ4n) is 2.31. The lowest BCUT2D eigenvalue weighted by atomic mass is 10.1. The zero-order valence-electron chi connectivity index (χ0n) is 11.4. The van der Waals surface area contributed by atoms with Crippen molar-refractivity contribution >= 4 is 11.0 Å². The molecule has 3 rings (SSSR count). The van der Waals surface area contributed by atoms with Crippen LogP contribution >= 0.6 is 0 Å². The molecule has 1 N–H and O–H groups in total. The van der Waals surface area contributed by atoms with Crippen molar-refractivity contribution in [3.05, 3.63) is 54.1 Å². The van der Waals surface area contributed by atoms with Crippen LogP contribution in [0.5, 0.6) is 0 Å². The number of furan rings is 1. The van der Waals surface area contributed by atoms with E-state index in [9.17, 15) is 4.39 Å². The number of aryl methyl sites for hydroxylation is 1. The first-order chi connectivity index (χ1) is 9.67. The number of imidazole rings is 1. The third kappa shape index (κ3) is 2.32. The first kappa shape index (κ1) is 12.9. The van der Waals surface area contributed by atoms with Crippen LogP contribution in [0.2, 0.25) is 0 Å². The average Bonchev–Trinajstić information content (AvgIpc) is 3.01. The van der Waals surface area contributed by atoms with E-state index < -0.39 is 0 Å². The van der Waals surface area contributed by atoms with Crippen molar-refractivity contribution in [2.75, 3.05) is 6.54 Å². The molecule has 1 unspecified atom stereocenters. The van der Waals surface area contributed by atoms with E-state index in [2.05, 4.69) is 10.3 Å². The molecule has 1 aromatic carbocycles. The van der Waals surface area contributed by atoms with Crippen LogP contribution in [-0.4, -0.2) is 16.1 Å². The molecule has 0 aliphatic carbocycles. The Hall–Kier alpha value is -2.14. The predicted molar refractivity (Wildman–Crippen MR) is 74.9 cm³/mol. The van der Waals surface area contributed by atoms with E-state index in [1.54, 1.807) is 12.4 Å². The highest BCUT2D eigenvalue weighted by molar-refractivity contribution is 5.78. The Balaban J connectivity index is 2.04. The molecule has 0 spiro atoms. The molecule has 4 nitrogen and oxygen atoms in total. The van der Waals surface area contributed by atoms with Crippen LogP contribution in [0.3, 0.4) is 0 Å². The van der Waals surface area contributed by atoms with Crippen molar-refractivity contribution in [3.8, 4) is 0 Å². The van der Waals surface area contributed by atoms with Crippen LogP contribution in [0.1, 0.15) is 24.4 Å². The second-order valence-electron chi connectivity index (χ2n) is 4.79. The molecule has 0 bridgehead atoms. The molecule has 1 atom stereocenters. The molecule has 2 aromatic heterocycles. The number of nitrogens with one attached hydrogen (secondary N) is 1. The summed E-state index contributed by atoms with van der Waals surface area (Å²) in [5, 5.41) is 4.10. The number of rotatable bonds is 4. The lowest BCUT2D eigenvalue weighted by Crippen LogP contribution is -2.21. The highest BCUT2D eigenvalue weighted by atomic mass is 19.1. The van der Waals surface area contributed by atoms with Gasteiger partial charge in [0.1, 0.15) is 23.2 Å². The van der Waals surface area contributed by atoms with Gasteiger partial charge in [-0.1, -0.05) is 6.92 Å². The lowest BCUT2D eigenvalue weighted by Gasteiger charge is -2.12. The maximum absolute atomic E-state index is 13.2. The van der Waals surface area contributed by atoms with E-state index in [4.69, 9.17) is 4.42 Å². The Morgan fingerprint density at radius 2 is 2.25 bits per heavy atom. The summed E-state index contributed by atoms with van der Waals surface area (Å²) in [6, 6.07) is 6.26. The predicted octanol–water partition coefficient (Wildman–Crippen LogP) is 3.00. The second kappa shape index (κ2) is 5.09. The molecule has 0 fully saturated rings. The molecule has 2 heterocycles. The van der Waals surface area contributed by atoms with E-state index in [0.717, 1.165) is 23.4 Å². The molecule has 0 saturated heterocycles. The van der Waals surface area contributed by atoms with Gasteiger partial charge in [0, 0.05) is 18.6 Å². The summed E-state index contributed by atoms with van der Waals surface area (Å²) >= 11 is 0. The zero-order valence-corrected chi connectivity index (χ0v) is 11.4. The number of nitrogens with zero attached hydrogens (tertiary/aromatic N) is 2. The fourth-order valence-corrected chi connectivity index (χ4v) is 2.31. The van der Waals surface area contributed by atoms with Crippen LogP contribution in [0.15, 0.2) is 41.2 Å². The van der Waals surface area contributed by atoms with Gasteiger partial charge in [-0.2, -0.15) is 0 Å². The summed E-state index contributed by atoms with van der Waals surface area (Å²) in [5.41, 5.74) is 1.56. The number of aromatic nitrogens is 2. The summed E-state index contributed by atoms with van der Waals surface area (Å²) in [7, 11) is 1.92. The van der Waals surface area contributed by atoms with Crippen molar-refractivity contribution in [3.63, 3.8) is 0 Å². The van der Waals surface area contributed by atoms with Gasteiger partial charge in [-0.3, -0.25) is 0 Å². The molecule has 104 valence electrons. The van der Waals surface area contributed by atoms with Crippen molar-refractivity contribution in [2.45, 2.75) is 13.0 Å². The summed E-state index contributed by atoms with van der Waals surface area (Å²) < 4.78 is 21.0. The average molecular weight is 273 g/mol. The van der Waals surface area contributed by atoms with E-state index in [1.807, 2.05) is 30.8 Å². The smallest absolute Gasteiger partial charge is 0.134 e. The van der Waals surface area contributed by atoms with E-state index in [0.29, 0.717) is 5.58 Å². The second-order valence-corrected chi connectivity index (χ2v) is 4.79. The van der Waals surface area contributed by atoms with Crippen LogP contribution < -0.4 is 5.32 Å². The Bertz CT molecular complexity index is 732. The van der Waals surface area contributed by atoms with Gasteiger partial charge in [-0.25, -0.2) is 9.37 Å². The Morgan fingerprint density at radius 1 is 1.40 bits per heavy atom. The molecular formula is C15H16FN3O. The van der Waals surface area contributed by atoms with Crippen molar-refractivity contribution in [1.29, 1.82) is 0 Å². The standard InChI is InChI=1S/C15H16FN3O/c1-3-17-15(12-8-19(2)9-18-12)14-7-10-6-11(16)4-5-13(10)20-14/h4-9,15,17H,3H2,1-2H3. The highest BCUT2D eigenvalue weighted by Gasteiger charge is 2.20. The fraction of sp³-hybridized carbons (Fsp3) is 0.267. The lowest BCUT2D eigenvalue weighted by molar-refractivity contribution is 0.471. The van der Waals surface area contributed by atoms with Crippen LogP contribution in [0.25, 0.3) is 11.0 Å². The van der Waals surface area contributed by atoms with E-state index in [1.165, 1.54) is 12.1 Å². The number of halogens is 1. The minimum absolute atomic E-state index is 0.128. The molecular weight excluding hydrogens is 257 g/mol. The van der Waals surface area contributed by atoms with Crippen LogP contribution in [-0.2, 0) is 7.05 Å². The quantitative estimate of drug-likeness (QED) is 0.794. The number of benzene rings is 1. The van der Waals surface area contributed by atoms with Crippen LogP contribution in [0.4, 0.5) is 4.39 Å². The minimum atomic E-state index is -0.261. The highest BCUT2D eigenvalue weighted by Crippen LogP contribution is 2.27. The van der Waals surface area contributed by atoms with Crippen molar-refractivity contribution < 1.29 is 8.81 Å². The van der Waals surface area contributed by atoms with Gasteiger partial charge in [0.15, 0.2) is 0 Å². The van der Waals surface area contributed by atoms with Crippen molar-refractivity contribution in [1.82, 2.24) is 14.9 Å². The molecule has 0 radical (unpaired) electrons. The Labute approximate surface area is 116 Å². The monoisotopic (exact) mass is 273 g/mol. The molecule has 0 aliphatic heterocycles. The van der Waals surface area contributed by atoms with Gasteiger partial charge >= 0.3 is 0 Å². The third-order valence-electron chi connectivity index (χ3n) is 3.21. The summed E-state index contributed by atoms with van der Waals surface area (Å²) in [6.07, 6.45) is 3.70. The minimum Gasteiger partial charge on any atom is -0.459 e. The normalized spacial score (nSPS) is 12.9. The number of fused-ring (bicyclic) bond motifs is 1. The van der Waals surface area contributed by atoms with Crippen LogP contribution in [0, 0.1) is 5.82 Å². The maximum Gasteiger partial charge on any atom is 0.134 e. The molecule has 5 heteroatoms. The third-order valence-corrected chi connectivity index (χ3v) is 3.21. The largest absolute Gasteiger partial charge is 0.459 e. The zero-order chi connectivity index (χ0) is 14.1. The first-order valence-electron chi connectivity index (χ1n) is 6.57. The van der Waals surface area contributed by atoms with Gasteiger partial charge in [-0.05, 0) is 30.8 Å². The summed E-state index contributed by atoms with van der Waals surface area (Å²) in [6.45, 7) is 2.81. The van der Waals surface area contributed by atoms with Gasteiger partial charge in [0.05, 0.1) is 12.0 Å². The van der Waals surface area contributed by atoms with Gasteiger partial charge in [0.25, 0.3) is 0 Å². The molecule has 0 amide bonds. The molecule has 3 aromatic rings. The number of hydrogen-bond donors (Lipinski definition) is 1. The Morgan fingerprint density at radius 3 is 2.95 bits per heavy atom. The van der Waals surface area contributed by atoms with Gasteiger partial charge in [-0.15, -0.1) is 0 Å².